The number of aryl methyl sites for hydroxylation is 1. The summed E-state index contributed by atoms with van der Waals surface area (Å²) in [5.74, 6) is 6.45. The van der Waals surface area contributed by atoms with E-state index in [9.17, 15) is 0 Å². The normalized spacial score (nSPS) is 19.6. The quantitative estimate of drug-likeness (QED) is 0.580. The van der Waals surface area contributed by atoms with Crippen LogP contribution < -0.4 is 11.3 Å². The summed E-state index contributed by atoms with van der Waals surface area (Å²) in [6.07, 6.45) is 9.33. The van der Waals surface area contributed by atoms with Crippen molar-refractivity contribution in [3.05, 3.63) is 16.4 Å². The van der Waals surface area contributed by atoms with Crippen LogP contribution in [0.25, 0.3) is 0 Å². The van der Waals surface area contributed by atoms with E-state index >= 15 is 0 Å². The number of nitrogens with one attached hydrogen (secondary N) is 1. The fraction of sp³-hybridized carbons (Fsp3) is 0.800. The van der Waals surface area contributed by atoms with Crippen LogP contribution in [-0.2, 0) is 11.3 Å². The third-order valence-electron chi connectivity index (χ3n) is 4.46. The van der Waals surface area contributed by atoms with Gasteiger partial charge in [-0.15, -0.1) is 0 Å². The van der Waals surface area contributed by atoms with Crippen LogP contribution in [0.3, 0.4) is 0 Å². The first-order valence-corrected chi connectivity index (χ1v) is 8.72. The Bertz CT molecular complexity index is 431. The Morgan fingerprint density at radius 1 is 1.48 bits per heavy atom. The number of aromatic nitrogens is 2. The van der Waals surface area contributed by atoms with Crippen LogP contribution in [0.1, 0.15) is 57.2 Å². The number of nitrogens with zero attached hydrogens (tertiary/aromatic N) is 2. The molecule has 0 amide bonds. The first-order valence-electron chi connectivity index (χ1n) is 7.93. The predicted octanol–water partition coefficient (Wildman–Crippen LogP) is 3.16. The molecule has 1 aliphatic rings. The zero-order valence-electron chi connectivity index (χ0n) is 13.0. The van der Waals surface area contributed by atoms with E-state index in [1.807, 2.05) is 10.9 Å². The second-order valence-electron chi connectivity index (χ2n) is 5.84. The van der Waals surface area contributed by atoms with Crippen molar-refractivity contribution < 1.29 is 4.74 Å². The highest BCUT2D eigenvalue weighted by atomic mass is 79.9. The Labute approximate surface area is 135 Å². The van der Waals surface area contributed by atoms with Crippen LogP contribution in [0, 0.1) is 5.92 Å². The molecule has 1 aromatic heterocycles. The summed E-state index contributed by atoms with van der Waals surface area (Å²) in [6.45, 7) is 3.04. The van der Waals surface area contributed by atoms with E-state index in [2.05, 4.69) is 33.4 Å². The molecule has 2 rings (SSSR count). The monoisotopic (exact) mass is 358 g/mol. The number of nitrogens with two attached hydrogens (primary N) is 1. The topological polar surface area (TPSA) is 65.1 Å². The predicted molar refractivity (Wildman–Crippen MR) is 87.7 cm³/mol. The maximum atomic E-state index is 5.89. The van der Waals surface area contributed by atoms with E-state index < -0.39 is 0 Å². The minimum Gasteiger partial charge on any atom is -0.379 e. The fourth-order valence-corrected chi connectivity index (χ4v) is 4.01. The molecule has 1 aliphatic carbocycles. The van der Waals surface area contributed by atoms with Crippen LogP contribution in [-0.4, -0.2) is 23.0 Å². The largest absolute Gasteiger partial charge is 0.379 e. The smallest absolute Gasteiger partial charge is 0.0904 e. The fourth-order valence-electron chi connectivity index (χ4n) is 3.46. The number of halogens is 1. The highest BCUT2D eigenvalue weighted by Gasteiger charge is 2.34. The van der Waals surface area contributed by atoms with Gasteiger partial charge in [0, 0.05) is 13.7 Å². The molecule has 6 heteroatoms. The minimum atomic E-state index is -0.0403. The lowest BCUT2D eigenvalue weighted by Crippen LogP contribution is -2.43. The second-order valence-corrected chi connectivity index (χ2v) is 6.70. The number of hydrazine groups is 1. The molecule has 2 atom stereocenters. The molecule has 21 heavy (non-hydrogen) atoms. The minimum absolute atomic E-state index is 0.0403. The number of rotatable bonds is 7. The van der Waals surface area contributed by atoms with Gasteiger partial charge in [0.05, 0.1) is 28.5 Å². The molecule has 1 fully saturated rings. The van der Waals surface area contributed by atoms with Crippen molar-refractivity contribution in [2.75, 3.05) is 7.11 Å². The molecule has 0 aromatic carbocycles. The summed E-state index contributed by atoms with van der Waals surface area (Å²) in [5, 5.41) is 4.45. The van der Waals surface area contributed by atoms with Gasteiger partial charge in [-0.3, -0.25) is 10.5 Å². The molecule has 0 saturated heterocycles. The molecule has 3 N–H and O–H groups in total. The molecule has 5 nitrogen and oxygen atoms in total. The van der Waals surface area contributed by atoms with Crippen LogP contribution in [0.15, 0.2) is 10.7 Å². The molecule has 0 radical (unpaired) electrons. The summed E-state index contributed by atoms with van der Waals surface area (Å²) >= 11 is 3.62. The van der Waals surface area contributed by atoms with Gasteiger partial charge in [-0.25, -0.2) is 5.43 Å². The number of hydrogen-bond acceptors (Lipinski definition) is 4. The van der Waals surface area contributed by atoms with Gasteiger partial charge in [0.15, 0.2) is 0 Å². The van der Waals surface area contributed by atoms with Crippen LogP contribution in [0.2, 0.25) is 0 Å². The van der Waals surface area contributed by atoms with Gasteiger partial charge in [-0.05, 0) is 41.1 Å². The lowest BCUT2D eigenvalue weighted by Gasteiger charge is -2.35. The SMILES string of the molecule is CCCn1ncc(Br)c1C(NN)C(OC)C1CCCCC1. The van der Waals surface area contributed by atoms with Gasteiger partial charge in [-0.2, -0.15) is 5.10 Å². The van der Waals surface area contributed by atoms with Crippen LogP contribution >= 0.6 is 15.9 Å². The Morgan fingerprint density at radius 3 is 2.76 bits per heavy atom. The van der Waals surface area contributed by atoms with E-state index in [1.54, 1.807) is 7.11 Å². The molecule has 0 aliphatic heterocycles. The zero-order valence-corrected chi connectivity index (χ0v) is 14.6. The van der Waals surface area contributed by atoms with Crippen LogP contribution in [0.4, 0.5) is 0 Å². The highest BCUT2D eigenvalue weighted by Crippen LogP contribution is 2.36. The lowest BCUT2D eigenvalue weighted by atomic mass is 9.82. The third-order valence-corrected chi connectivity index (χ3v) is 5.07. The van der Waals surface area contributed by atoms with Crippen molar-refractivity contribution in [1.29, 1.82) is 0 Å². The van der Waals surface area contributed by atoms with Gasteiger partial charge in [0.1, 0.15) is 0 Å². The summed E-state index contributed by atoms with van der Waals surface area (Å²) in [4.78, 5) is 0. The molecule has 0 spiro atoms. The van der Waals surface area contributed by atoms with Crippen molar-refractivity contribution in [3.63, 3.8) is 0 Å². The van der Waals surface area contributed by atoms with Crippen molar-refractivity contribution >= 4 is 15.9 Å². The van der Waals surface area contributed by atoms with E-state index in [0.717, 1.165) is 23.1 Å². The molecule has 1 aromatic rings. The number of methoxy groups -OCH3 is 1. The highest BCUT2D eigenvalue weighted by molar-refractivity contribution is 9.10. The summed E-state index contributed by atoms with van der Waals surface area (Å²) in [6, 6.07) is -0.0403. The molecule has 2 unspecified atom stereocenters. The van der Waals surface area contributed by atoms with Gasteiger partial charge >= 0.3 is 0 Å². The summed E-state index contributed by atoms with van der Waals surface area (Å²) in [7, 11) is 1.79. The molecule has 0 bridgehead atoms. The van der Waals surface area contributed by atoms with Gasteiger partial charge < -0.3 is 4.74 Å². The van der Waals surface area contributed by atoms with Crippen molar-refractivity contribution in [3.8, 4) is 0 Å². The zero-order chi connectivity index (χ0) is 15.2. The van der Waals surface area contributed by atoms with Crippen molar-refractivity contribution in [2.24, 2.45) is 11.8 Å². The molecule has 120 valence electrons. The average Bonchev–Trinajstić information content (AvgIpc) is 2.87. The third kappa shape index (κ3) is 3.86. The molecule has 1 heterocycles. The lowest BCUT2D eigenvalue weighted by molar-refractivity contribution is 0.00511. The standard InChI is InChI=1S/C15H27BrN4O/c1-3-9-20-14(12(16)10-18-20)13(19-17)15(21-2)11-7-5-4-6-8-11/h10-11,13,15,19H,3-9,17H2,1-2H3. The maximum absolute atomic E-state index is 5.89. The summed E-state index contributed by atoms with van der Waals surface area (Å²) < 4.78 is 8.88. The number of ether oxygens (including phenoxy) is 1. The van der Waals surface area contributed by atoms with Crippen molar-refractivity contribution in [1.82, 2.24) is 15.2 Å². The second kappa shape index (κ2) is 8.27. The van der Waals surface area contributed by atoms with Crippen LogP contribution in [0.5, 0.6) is 0 Å². The van der Waals surface area contributed by atoms with Crippen molar-refractivity contribution in [2.45, 2.75) is 64.1 Å². The maximum Gasteiger partial charge on any atom is 0.0904 e. The average molecular weight is 359 g/mol. The number of hydrogen-bond donors (Lipinski definition) is 2. The summed E-state index contributed by atoms with van der Waals surface area (Å²) in [5.41, 5.74) is 4.07. The molecule has 1 saturated carbocycles. The van der Waals surface area contributed by atoms with E-state index in [1.165, 1.54) is 32.1 Å². The van der Waals surface area contributed by atoms with Gasteiger partial charge in [-0.1, -0.05) is 26.2 Å². The molecular weight excluding hydrogens is 332 g/mol. The van der Waals surface area contributed by atoms with Gasteiger partial charge in [0.25, 0.3) is 0 Å². The van der Waals surface area contributed by atoms with E-state index in [4.69, 9.17) is 10.6 Å². The first kappa shape index (κ1) is 16.9. The Balaban J connectivity index is 2.25. The Morgan fingerprint density at radius 2 is 2.19 bits per heavy atom. The Hall–Kier alpha value is -0.430. The van der Waals surface area contributed by atoms with E-state index in [0.29, 0.717) is 5.92 Å². The van der Waals surface area contributed by atoms with E-state index in [-0.39, 0.29) is 12.1 Å². The van der Waals surface area contributed by atoms with Gasteiger partial charge in [0.2, 0.25) is 0 Å². The Kier molecular flexibility index (Phi) is 6.67. The molecular formula is C15H27BrN4O. The first-order chi connectivity index (χ1) is 10.2.